The van der Waals surface area contributed by atoms with E-state index in [1.165, 1.54) is 0 Å². The molecule has 94 valence electrons. The zero-order valence-corrected chi connectivity index (χ0v) is 11.1. The zero-order chi connectivity index (χ0) is 12.8. The van der Waals surface area contributed by atoms with Crippen LogP contribution in [0.4, 0.5) is 8.78 Å². The zero-order valence-electron chi connectivity index (χ0n) is 9.47. The number of carbonyl (C=O) groups excluding carboxylic acids is 1. The molecule has 1 aromatic carbocycles. The second kappa shape index (κ2) is 6.69. The molecule has 0 aliphatic rings. The number of benzene rings is 1. The number of rotatable bonds is 5. The highest BCUT2D eigenvalue weighted by Crippen LogP contribution is 2.10. The van der Waals surface area contributed by atoms with Gasteiger partial charge in [-0.3, -0.25) is 4.79 Å². The van der Waals surface area contributed by atoms with Crippen LogP contribution in [0.1, 0.15) is 30.1 Å². The summed E-state index contributed by atoms with van der Waals surface area (Å²) in [6.45, 7) is 2.46. The van der Waals surface area contributed by atoms with E-state index in [1.54, 1.807) is 0 Å². The molecule has 2 nitrogen and oxygen atoms in total. The minimum atomic E-state index is -0.843. The summed E-state index contributed by atoms with van der Waals surface area (Å²) in [5.41, 5.74) is -0.136. The average Bonchev–Trinajstić information content (AvgIpc) is 2.26. The van der Waals surface area contributed by atoms with Crippen LogP contribution in [0.2, 0.25) is 0 Å². The van der Waals surface area contributed by atoms with Crippen LogP contribution in [0.5, 0.6) is 0 Å². The molecule has 0 spiro atoms. The van der Waals surface area contributed by atoms with Crippen molar-refractivity contribution in [2.75, 3.05) is 6.54 Å². The summed E-state index contributed by atoms with van der Waals surface area (Å²) >= 11 is 3.40. The molecule has 1 amide bonds. The molecular formula is C12H14BrF2NO. The highest BCUT2D eigenvalue weighted by molar-refractivity contribution is 9.09. The highest BCUT2D eigenvalue weighted by atomic mass is 79.9. The van der Waals surface area contributed by atoms with Crippen LogP contribution in [0.15, 0.2) is 18.2 Å². The Hall–Kier alpha value is -0.970. The van der Waals surface area contributed by atoms with Crippen LogP contribution in [-0.2, 0) is 0 Å². The van der Waals surface area contributed by atoms with Crippen molar-refractivity contribution < 1.29 is 13.6 Å². The lowest BCUT2D eigenvalue weighted by atomic mass is 10.2. The van der Waals surface area contributed by atoms with Gasteiger partial charge in [0.15, 0.2) is 0 Å². The fraction of sp³-hybridized carbons (Fsp3) is 0.417. The second-order valence-electron chi connectivity index (χ2n) is 3.72. The lowest BCUT2D eigenvalue weighted by molar-refractivity contribution is 0.0949. The molecule has 5 heteroatoms. The minimum absolute atomic E-state index is 0.136. The topological polar surface area (TPSA) is 29.1 Å². The summed E-state index contributed by atoms with van der Waals surface area (Å²) in [5, 5.41) is 2.60. The summed E-state index contributed by atoms with van der Waals surface area (Å²) < 4.78 is 25.9. The van der Waals surface area contributed by atoms with Crippen molar-refractivity contribution in [3.8, 4) is 0 Å². The van der Waals surface area contributed by atoms with Crippen molar-refractivity contribution in [1.82, 2.24) is 5.32 Å². The lowest BCUT2D eigenvalue weighted by Gasteiger charge is -2.10. The smallest absolute Gasteiger partial charge is 0.254 e. The molecule has 0 fully saturated rings. The van der Waals surface area contributed by atoms with E-state index >= 15 is 0 Å². The van der Waals surface area contributed by atoms with Gasteiger partial charge in [0.05, 0.1) is 5.56 Å². The number of alkyl halides is 1. The lowest BCUT2D eigenvalue weighted by Crippen LogP contribution is -2.30. The fourth-order valence-electron chi connectivity index (χ4n) is 1.39. The molecule has 1 rings (SSSR count). The summed E-state index contributed by atoms with van der Waals surface area (Å²) in [7, 11) is 0. The molecule has 1 unspecified atom stereocenters. The first-order valence-electron chi connectivity index (χ1n) is 5.42. The van der Waals surface area contributed by atoms with Gasteiger partial charge in [0.1, 0.15) is 11.6 Å². The van der Waals surface area contributed by atoms with Crippen LogP contribution in [0, 0.1) is 11.6 Å². The molecule has 1 N–H and O–H groups in total. The van der Waals surface area contributed by atoms with Gasteiger partial charge in [-0.25, -0.2) is 8.78 Å². The average molecular weight is 306 g/mol. The third-order valence-corrected chi connectivity index (χ3v) is 3.04. The maximum atomic E-state index is 13.3. The molecule has 0 saturated carbocycles. The first-order chi connectivity index (χ1) is 8.04. The van der Waals surface area contributed by atoms with Crippen molar-refractivity contribution in [2.24, 2.45) is 0 Å². The Bertz CT molecular complexity index is 398. The van der Waals surface area contributed by atoms with E-state index in [0.29, 0.717) is 12.6 Å². The molecular weight excluding hydrogens is 292 g/mol. The number of amides is 1. The number of hydrogen-bond donors (Lipinski definition) is 1. The quantitative estimate of drug-likeness (QED) is 0.831. The van der Waals surface area contributed by atoms with Crippen LogP contribution in [-0.4, -0.2) is 17.3 Å². The molecule has 0 aliphatic carbocycles. The van der Waals surface area contributed by atoms with E-state index in [0.717, 1.165) is 25.0 Å². The van der Waals surface area contributed by atoms with Crippen LogP contribution >= 0.6 is 15.9 Å². The van der Waals surface area contributed by atoms with Gasteiger partial charge in [-0.2, -0.15) is 0 Å². The fourth-order valence-corrected chi connectivity index (χ4v) is 2.01. The Morgan fingerprint density at radius 3 is 2.76 bits per heavy atom. The summed E-state index contributed by atoms with van der Waals surface area (Å²) in [4.78, 5) is 11.8. The normalized spacial score (nSPS) is 12.2. The third kappa shape index (κ3) is 4.42. The maximum Gasteiger partial charge on any atom is 0.254 e. The van der Waals surface area contributed by atoms with E-state index < -0.39 is 17.5 Å². The molecule has 0 saturated heterocycles. The first-order valence-corrected chi connectivity index (χ1v) is 6.33. The van der Waals surface area contributed by atoms with Crippen LogP contribution in [0.25, 0.3) is 0 Å². The van der Waals surface area contributed by atoms with Crippen molar-refractivity contribution in [3.63, 3.8) is 0 Å². The van der Waals surface area contributed by atoms with Crippen LogP contribution < -0.4 is 5.32 Å². The number of nitrogens with one attached hydrogen (secondary N) is 1. The molecule has 1 aromatic rings. The molecule has 0 aliphatic heterocycles. The number of carbonyl (C=O) groups is 1. The molecule has 0 bridgehead atoms. The third-order valence-electron chi connectivity index (χ3n) is 2.26. The predicted molar refractivity (Wildman–Crippen MR) is 66.3 cm³/mol. The SMILES string of the molecule is CCCC(Br)CNC(=O)c1ccc(F)cc1F. The highest BCUT2D eigenvalue weighted by Gasteiger charge is 2.13. The van der Waals surface area contributed by atoms with Gasteiger partial charge >= 0.3 is 0 Å². The molecule has 0 radical (unpaired) electrons. The van der Waals surface area contributed by atoms with Crippen molar-refractivity contribution in [1.29, 1.82) is 0 Å². The number of halogens is 3. The Balaban J connectivity index is 2.58. The Labute approximate surface area is 108 Å². The van der Waals surface area contributed by atoms with Gasteiger partial charge in [0.2, 0.25) is 0 Å². The summed E-state index contributed by atoms with van der Waals surface area (Å²) in [6, 6.07) is 2.91. The Kier molecular flexibility index (Phi) is 5.55. The van der Waals surface area contributed by atoms with Crippen LogP contribution in [0.3, 0.4) is 0 Å². The van der Waals surface area contributed by atoms with Gasteiger partial charge in [0, 0.05) is 17.4 Å². The first kappa shape index (κ1) is 14.1. The maximum absolute atomic E-state index is 13.3. The molecule has 17 heavy (non-hydrogen) atoms. The second-order valence-corrected chi connectivity index (χ2v) is 5.02. The van der Waals surface area contributed by atoms with Crippen molar-refractivity contribution in [3.05, 3.63) is 35.4 Å². The summed E-state index contributed by atoms with van der Waals surface area (Å²) in [6.07, 6.45) is 1.92. The van der Waals surface area contributed by atoms with E-state index in [9.17, 15) is 13.6 Å². The molecule has 0 heterocycles. The number of hydrogen-bond acceptors (Lipinski definition) is 1. The Morgan fingerprint density at radius 1 is 1.47 bits per heavy atom. The van der Waals surface area contributed by atoms with Crippen molar-refractivity contribution in [2.45, 2.75) is 24.6 Å². The molecule has 1 atom stereocenters. The largest absolute Gasteiger partial charge is 0.351 e. The van der Waals surface area contributed by atoms with Gasteiger partial charge < -0.3 is 5.32 Å². The van der Waals surface area contributed by atoms with Gasteiger partial charge in [0.25, 0.3) is 5.91 Å². The van der Waals surface area contributed by atoms with E-state index in [2.05, 4.69) is 21.2 Å². The molecule has 0 aromatic heterocycles. The predicted octanol–water partition coefficient (Wildman–Crippen LogP) is 3.26. The minimum Gasteiger partial charge on any atom is -0.351 e. The monoisotopic (exact) mass is 305 g/mol. The van der Waals surface area contributed by atoms with E-state index in [1.807, 2.05) is 6.92 Å². The van der Waals surface area contributed by atoms with E-state index in [4.69, 9.17) is 0 Å². The van der Waals surface area contributed by atoms with Gasteiger partial charge in [-0.1, -0.05) is 29.3 Å². The van der Waals surface area contributed by atoms with Crippen molar-refractivity contribution >= 4 is 21.8 Å². The van der Waals surface area contributed by atoms with E-state index in [-0.39, 0.29) is 10.4 Å². The van der Waals surface area contributed by atoms with Gasteiger partial charge in [-0.05, 0) is 18.6 Å². The summed E-state index contributed by atoms with van der Waals surface area (Å²) in [5.74, 6) is -2.06. The standard InChI is InChI=1S/C12H14BrF2NO/c1-2-3-8(13)7-16-12(17)10-5-4-9(14)6-11(10)15/h4-6,8H,2-3,7H2,1H3,(H,16,17). The van der Waals surface area contributed by atoms with Gasteiger partial charge in [-0.15, -0.1) is 0 Å². The Morgan fingerprint density at radius 2 is 2.18 bits per heavy atom.